The Bertz CT molecular complexity index is 362. The van der Waals surface area contributed by atoms with Gasteiger partial charge < -0.3 is 14.8 Å². The monoisotopic (exact) mass is 379 g/mol. The molecule has 3 nitrogen and oxygen atoms in total. The molecule has 0 aliphatic rings. The van der Waals surface area contributed by atoms with E-state index in [2.05, 4.69) is 56.2 Å². The van der Waals surface area contributed by atoms with Crippen LogP contribution < -0.4 is 10.1 Å². The van der Waals surface area contributed by atoms with E-state index in [1.54, 1.807) is 14.2 Å². The lowest BCUT2D eigenvalue weighted by Gasteiger charge is -2.13. The van der Waals surface area contributed by atoms with Gasteiger partial charge in [0.25, 0.3) is 0 Å². The van der Waals surface area contributed by atoms with Crippen molar-refractivity contribution in [2.24, 2.45) is 5.92 Å². The van der Waals surface area contributed by atoms with E-state index < -0.39 is 0 Å². The van der Waals surface area contributed by atoms with Crippen molar-refractivity contribution in [2.75, 3.05) is 27.4 Å². The third-order valence-corrected chi connectivity index (χ3v) is 3.71. The van der Waals surface area contributed by atoms with Crippen molar-refractivity contribution in [1.82, 2.24) is 5.32 Å². The summed E-state index contributed by atoms with van der Waals surface area (Å²) in [6.45, 7) is 4.71. The molecule has 1 atom stereocenters. The molecule has 0 heterocycles. The zero-order valence-corrected chi connectivity index (χ0v) is 14.1. The highest BCUT2D eigenvalue weighted by Crippen LogP contribution is 2.34. The van der Waals surface area contributed by atoms with Gasteiger partial charge in [0, 0.05) is 26.8 Å². The van der Waals surface area contributed by atoms with Crippen molar-refractivity contribution in [1.29, 1.82) is 0 Å². The SMILES string of the molecule is COCC(C)CNCc1cc(Br)c(OC)c(Br)c1. The second-order valence-corrected chi connectivity index (χ2v) is 5.99. The van der Waals surface area contributed by atoms with E-state index >= 15 is 0 Å². The van der Waals surface area contributed by atoms with Gasteiger partial charge in [-0.2, -0.15) is 0 Å². The Morgan fingerprint density at radius 2 is 1.83 bits per heavy atom. The molecule has 1 rings (SSSR count). The first-order chi connectivity index (χ1) is 8.58. The fourth-order valence-corrected chi connectivity index (χ4v) is 3.32. The predicted octanol–water partition coefficient (Wildman–Crippen LogP) is 3.59. The lowest BCUT2D eigenvalue weighted by atomic mass is 10.2. The number of benzene rings is 1. The van der Waals surface area contributed by atoms with E-state index in [0.717, 1.165) is 34.4 Å². The van der Waals surface area contributed by atoms with E-state index in [1.165, 1.54) is 5.56 Å². The Kier molecular flexibility index (Phi) is 7.22. The number of methoxy groups -OCH3 is 2. The zero-order chi connectivity index (χ0) is 13.5. The smallest absolute Gasteiger partial charge is 0.147 e. The molecule has 0 saturated heterocycles. The van der Waals surface area contributed by atoms with Crippen LogP contribution >= 0.6 is 31.9 Å². The summed E-state index contributed by atoms with van der Waals surface area (Å²) >= 11 is 7.00. The topological polar surface area (TPSA) is 30.5 Å². The van der Waals surface area contributed by atoms with Gasteiger partial charge in [-0.15, -0.1) is 0 Å². The lowest BCUT2D eigenvalue weighted by Crippen LogP contribution is -2.23. The number of ether oxygens (including phenoxy) is 2. The average molecular weight is 381 g/mol. The van der Waals surface area contributed by atoms with Crippen LogP contribution in [0.5, 0.6) is 5.75 Å². The molecule has 1 aromatic carbocycles. The van der Waals surface area contributed by atoms with Crippen molar-refractivity contribution >= 4 is 31.9 Å². The molecule has 0 aliphatic heterocycles. The van der Waals surface area contributed by atoms with Gasteiger partial charge in [-0.3, -0.25) is 0 Å². The maximum Gasteiger partial charge on any atom is 0.147 e. The van der Waals surface area contributed by atoms with Crippen molar-refractivity contribution in [3.8, 4) is 5.75 Å². The molecule has 1 N–H and O–H groups in total. The molecule has 0 spiro atoms. The van der Waals surface area contributed by atoms with Gasteiger partial charge in [0.05, 0.1) is 16.1 Å². The molecule has 0 bridgehead atoms. The Labute approximate surface area is 125 Å². The van der Waals surface area contributed by atoms with Crippen molar-refractivity contribution in [3.63, 3.8) is 0 Å². The van der Waals surface area contributed by atoms with Crippen LogP contribution in [0.25, 0.3) is 0 Å². The maximum absolute atomic E-state index is 5.27. The van der Waals surface area contributed by atoms with Crippen LogP contribution in [0.1, 0.15) is 12.5 Å². The Morgan fingerprint density at radius 1 is 1.22 bits per heavy atom. The average Bonchev–Trinajstić information content (AvgIpc) is 2.29. The summed E-state index contributed by atoms with van der Waals surface area (Å²) in [6.07, 6.45) is 0. The van der Waals surface area contributed by atoms with Gasteiger partial charge >= 0.3 is 0 Å². The van der Waals surface area contributed by atoms with E-state index in [-0.39, 0.29) is 0 Å². The predicted molar refractivity (Wildman–Crippen MR) is 81.1 cm³/mol. The van der Waals surface area contributed by atoms with Crippen molar-refractivity contribution < 1.29 is 9.47 Å². The van der Waals surface area contributed by atoms with E-state index in [4.69, 9.17) is 9.47 Å². The summed E-state index contributed by atoms with van der Waals surface area (Å²) in [5.41, 5.74) is 1.21. The molecule has 0 fully saturated rings. The molecular formula is C13H19Br2NO2. The van der Waals surface area contributed by atoms with Crippen LogP contribution in [-0.2, 0) is 11.3 Å². The Morgan fingerprint density at radius 3 is 2.33 bits per heavy atom. The number of rotatable bonds is 7. The summed E-state index contributed by atoms with van der Waals surface area (Å²) in [6, 6.07) is 4.13. The van der Waals surface area contributed by atoms with Gasteiger partial charge in [0.2, 0.25) is 0 Å². The van der Waals surface area contributed by atoms with E-state index in [1.807, 2.05) is 0 Å². The summed E-state index contributed by atoms with van der Waals surface area (Å²) in [4.78, 5) is 0. The normalized spacial score (nSPS) is 12.5. The van der Waals surface area contributed by atoms with Gasteiger partial charge in [-0.1, -0.05) is 6.92 Å². The fraction of sp³-hybridized carbons (Fsp3) is 0.538. The summed E-state index contributed by atoms with van der Waals surface area (Å²) in [5.74, 6) is 1.34. The standard InChI is InChI=1S/C13H19Br2NO2/c1-9(8-17-2)6-16-7-10-4-11(14)13(18-3)12(15)5-10/h4-5,9,16H,6-8H2,1-3H3. The third-order valence-electron chi connectivity index (χ3n) is 2.54. The number of nitrogens with one attached hydrogen (secondary N) is 1. The van der Waals surface area contributed by atoms with Crippen molar-refractivity contribution in [2.45, 2.75) is 13.5 Å². The number of hydrogen-bond donors (Lipinski definition) is 1. The van der Waals surface area contributed by atoms with Crippen LogP contribution in [0.3, 0.4) is 0 Å². The van der Waals surface area contributed by atoms with E-state index in [0.29, 0.717) is 5.92 Å². The quantitative estimate of drug-likeness (QED) is 0.783. The molecule has 102 valence electrons. The summed E-state index contributed by atoms with van der Waals surface area (Å²) in [7, 11) is 3.39. The van der Waals surface area contributed by atoms with Crippen molar-refractivity contribution in [3.05, 3.63) is 26.6 Å². The molecule has 0 saturated carbocycles. The molecule has 1 unspecified atom stereocenters. The van der Waals surface area contributed by atoms with Crippen LogP contribution in [-0.4, -0.2) is 27.4 Å². The van der Waals surface area contributed by atoms with E-state index in [9.17, 15) is 0 Å². The van der Waals surface area contributed by atoms with Gasteiger partial charge in [0.15, 0.2) is 0 Å². The van der Waals surface area contributed by atoms with Crippen LogP contribution in [0.15, 0.2) is 21.1 Å². The second kappa shape index (κ2) is 8.15. The largest absolute Gasteiger partial charge is 0.494 e. The Hall–Kier alpha value is -0.100. The maximum atomic E-state index is 5.27. The first kappa shape index (κ1) is 16.0. The number of hydrogen-bond acceptors (Lipinski definition) is 3. The highest BCUT2D eigenvalue weighted by atomic mass is 79.9. The molecular weight excluding hydrogens is 362 g/mol. The van der Waals surface area contributed by atoms with Crippen LogP contribution in [0.2, 0.25) is 0 Å². The molecule has 18 heavy (non-hydrogen) atoms. The minimum Gasteiger partial charge on any atom is -0.494 e. The highest BCUT2D eigenvalue weighted by Gasteiger charge is 2.08. The fourth-order valence-electron chi connectivity index (χ4n) is 1.72. The minimum atomic E-state index is 0.514. The zero-order valence-electron chi connectivity index (χ0n) is 10.9. The molecule has 0 radical (unpaired) electrons. The Balaban J connectivity index is 2.53. The number of halogens is 2. The first-order valence-corrected chi connectivity index (χ1v) is 7.38. The van der Waals surface area contributed by atoms with Gasteiger partial charge in [0.1, 0.15) is 5.75 Å². The molecule has 0 aromatic heterocycles. The highest BCUT2D eigenvalue weighted by molar-refractivity contribution is 9.11. The van der Waals surface area contributed by atoms with Gasteiger partial charge in [-0.25, -0.2) is 0 Å². The molecule has 0 aliphatic carbocycles. The molecule has 5 heteroatoms. The molecule has 1 aromatic rings. The summed E-state index contributed by atoms with van der Waals surface area (Å²) in [5, 5.41) is 3.42. The minimum absolute atomic E-state index is 0.514. The second-order valence-electron chi connectivity index (χ2n) is 4.28. The summed E-state index contributed by atoms with van der Waals surface area (Å²) < 4.78 is 12.3. The van der Waals surface area contributed by atoms with Crippen LogP contribution in [0, 0.1) is 5.92 Å². The molecule has 0 amide bonds. The van der Waals surface area contributed by atoms with Crippen LogP contribution in [0.4, 0.5) is 0 Å². The lowest BCUT2D eigenvalue weighted by molar-refractivity contribution is 0.158. The first-order valence-electron chi connectivity index (χ1n) is 5.80. The third kappa shape index (κ3) is 4.88. The van der Waals surface area contributed by atoms with Gasteiger partial charge in [-0.05, 0) is 55.5 Å².